The zero-order valence-corrected chi connectivity index (χ0v) is 10.7. The van der Waals surface area contributed by atoms with E-state index in [0.29, 0.717) is 18.9 Å². The summed E-state index contributed by atoms with van der Waals surface area (Å²) < 4.78 is 5.54. The quantitative estimate of drug-likeness (QED) is 0.409. The number of benzene rings is 1. The fourth-order valence-corrected chi connectivity index (χ4v) is 1.82. The third-order valence-electron chi connectivity index (χ3n) is 3.11. The van der Waals surface area contributed by atoms with Crippen molar-refractivity contribution in [3.63, 3.8) is 0 Å². The van der Waals surface area contributed by atoms with Crippen LogP contribution in [0.1, 0.15) is 32.8 Å². The molecule has 0 fully saturated rings. The minimum atomic E-state index is -0.110. The van der Waals surface area contributed by atoms with Gasteiger partial charge >= 0.3 is 0 Å². The summed E-state index contributed by atoms with van der Waals surface area (Å²) in [6.07, 6.45) is 0.935. The van der Waals surface area contributed by atoms with Crippen LogP contribution in [0.5, 0.6) is 0 Å². The van der Waals surface area contributed by atoms with E-state index in [-0.39, 0.29) is 5.41 Å². The molecule has 0 saturated heterocycles. The first-order valence-corrected chi connectivity index (χ1v) is 5.90. The van der Waals surface area contributed by atoms with Crippen molar-refractivity contribution >= 4 is 5.69 Å². The summed E-state index contributed by atoms with van der Waals surface area (Å²) in [4.78, 5) is 2.88. The molecule has 1 aromatic rings. The molecule has 0 spiro atoms. The average Bonchev–Trinajstić information content (AvgIpc) is 2.37. The number of nitrogens with zero attached hydrogens (tertiary/aromatic N) is 3. The molecule has 17 heavy (non-hydrogen) atoms. The fraction of sp³-hybridized carbons (Fsp3) is 0.538. The van der Waals surface area contributed by atoms with Crippen LogP contribution in [0.4, 0.5) is 5.69 Å². The van der Waals surface area contributed by atoms with E-state index in [4.69, 9.17) is 10.3 Å². The first-order chi connectivity index (χ1) is 8.18. The van der Waals surface area contributed by atoms with Crippen molar-refractivity contribution in [2.45, 2.75) is 32.6 Å². The lowest BCUT2D eigenvalue weighted by atomic mass is 9.80. The topological polar surface area (TPSA) is 58.0 Å². The van der Waals surface area contributed by atoms with Crippen LogP contribution < -0.4 is 0 Å². The van der Waals surface area contributed by atoms with Crippen LogP contribution in [-0.4, -0.2) is 13.2 Å². The molecule has 0 N–H and O–H groups in total. The van der Waals surface area contributed by atoms with Gasteiger partial charge in [-0.05, 0) is 24.4 Å². The van der Waals surface area contributed by atoms with E-state index in [1.165, 1.54) is 0 Å². The van der Waals surface area contributed by atoms with Gasteiger partial charge in [0.2, 0.25) is 0 Å². The number of rotatable bonds is 6. The molecule has 92 valence electrons. The van der Waals surface area contributed by atoms with E-state index < -0.39 is 0 Å². The Kier molecular flexibility index (Phi) is 5.01. The summed E-state index contributed by atoms with van der Waals surface area (Å²) >= 11 is 0. The van der Waals surface area contributed by atoms with Crippen LogP contribution in [0.15, 0.2) is 29.4 Å². The van der Waals surface area contributed by atoms with Crippen molar-refractivity contribution in [3.05, 3.63) is 40.3 Å². The number of hydrogen-bond acceptors (Lipinski definition) is 2. The summed E-state index contributed by atoms with van der Waals surface area (Å²) in [6.45, 7) is 7.56. The maximum atomic E-state index is 8.59. The van der Waals surface area contributed by atoms with E-state index in [0.717, 1.165) is 12.0 Å². The molecule has 0 bridgehead atoms. The van der Waals surface area contributed by atoms with E-state index >= 15 is 0 Å². The Morgan fingerprint density at radius 1 is 1.35 bits per heavy atom. The van der Waals surface area contributed by atoms with E-state index in [1.807, 2.05) is 31.2 Å². The highest BCUT2D eigenvalue weighted by atomic mass is 16.5. The van der Waals surface area contributed by atoms with Crippen molar-refractivity contribution in [1.82, 2.24) is 0 Å². The molecule has 1 aromatic carbocycles. The first-order valence-electron chi connectivity index (χ1n) is 5.90. The monoisotopic (exact) mass is 233 g/mol. The predicted octanol–water partition coefficient (Wildman–Crippen LogP) is 4.33. The minimum absolute atomic E-state index is 0.110. The van der Waals surface area contributed by atoms with E-state index in [1.54, 1.807) is 0 Å². The number of hydrogen-bond donors (Lipinski definition) is 0. The van der Waals surface area contributed by atoms with E-state index in [9.17, 15) is 0 Å². The van der Waals surface area contributed by atoms with Gasteiger partial charge < -0.3 is 4.74 Å². The lowest BCUT2D eigenvalue weighted by molar-refractivity contribution is 0.0968. The molecular formula is C13H19N3O. The molecular weight excluding hydrogens is 214 g/mol. The number of ether oxygens (including phenoxy) is 1. The van der Waals surface area contributed by atoms with Crippen LogP contribution in [0.25, 0.3) is 10.4 Å². The molecule has 0 saturated carbocycles. The largest absolute Gasteiger partial charge is 0.381 e. The summed E-state index contributed by atoms with van der Waals surface area (Å²) in [6, 6.07) is 7.69. The van der Waals surface area contributed by atoms with Crippen LogP contribution in [0.2, 0.25) is 0 Å². The molecule has 1 rings (SSSR count). The first kappa shape index (κ1) is 13.6. The minimum Gasteiger partial charge on any atom is -0.381 e. The van der Waals surface area contributed by atoms with Crippen molar-refractivity contribution in [2.24, 2.45) is 5.11 Å². The third kappa shape index (κ3) is 3.22. The fourth-order valence-electron chi connectivity index (χ4n) is 1.82. The van der Waals surface area contributed by atoms with Crippen molar-refractivity contribution in [3.8, 4) is 0 Å². The van der Waals surface area contributed by atoms with Crippen molar-refractivity contribution in [2.75, 3.05) is 13.2 Å². The summed E-state index contributed by atoms with van der Waals surface area (Å²) in [7, 11) is 0. The molecule has 0 aliphatic heterocycles. The van der Waals surface area contributed by atoms with Crippen LogP contribution in [0, 0.1) is 0 Å². The summed E-state index contributed by atoms with van der Waals surface area (Å²) in [5.41, 5.74) is 10.2. The van der Waals surface area contributed by atoms with Crippen LogP contribution in [0.3, 0.4) is 0 Å². The van der Waals surface area contributed by atoms with Crippen LogP contribution >= 0.6 is 0 Å². The highest BCUT2D eigenvalue weighted by Gasteiger charge is 2.26. The molecule has 1 unspecified atom stereocenters. The second-order valence-electron chi connectivity index (χ2n) is 4.26. The Morgan fingerprint density at radius 3 is 2.65 bits per heavy atom. The Morgan fingerprint density at radius 2 is 2.06 bits per heavy atom. The zero-order chi connectivity index (χ0) is 12.7. The Labute approximate surface area is 102 Å². The molecule has 1 atom stereocenters. The van der Waals surface area contributed by atoms with Gasteiger partial charge in [-0.1, -0.05) is 43.2 Å². The molecule has 4 nitrogen and oxygen atoms in total. The SMILES string of the molecule is CCOCC(C)(CC)c1ccccc1N=[N+]=[N-]. The second-order valence-corrected chi connectivity index (χ2v) is 4.26. The summed E-state index contributed by atoms with van der Waals surface area (Å²) in [5, 5.41) is 3.75. The third-order valence-corrected chi connectivity index (χ3v) is 3.11. The predicted molar refractivity (Wildman–Crippen MR) is 69.4 cm³/mol. The molecule has 0 radical (unpaired) electrons. The van der Waals surface area contributed by atoms with Crippen molar-refractivity contribution in [1.29, 1.82) is 0 Å². The maximum Gasteiger partial charge on any atom is 0.0560 e. The lowest BCUT2D eigenvalue weighted by Crippen LogP contribution is -2.27. The average molecular weight is 233 g/mol. The smallest absolute Gasteiger partial charge is 0.0560 e. The Hall–Kier alpha value is -1.51. The summed E-state index contributed by atoms with van der Waals surface area (Å²) in [5.74, 6) is 0. The van der Waals surface area contributed by atoms with E-state index in [2.05, 4.69) is 23.9 Å². The van der Waals surface area contributed by atoms with Crippen molar-refractivity contribution < 1.29 is 4.74 Å². The van der Waals surface area contributed by atoms with Gasteiger partial charge in [0.05, 0.1) is 6.61 Å². The van der Waals surface area contributed by atoms with Gasteiger partial charge in [0, 0.05) is 22.6 Å². The van der Waals surface area contributed by atoms with Gasteiger partial charge in [0.15, 0.2) is 0 Å². The Bertz CT molecular complexity index is 413. The van der Waals surface area contributed by atoms with Gasteiger partial charge in [-0.3, -0.25) is 0 Å². The lowest BCUT2D eigenvalue weighted by Gasteiger charge is -2.29. The highest BCUT2D eigenvalue weighted by Crippen LogP contribution is 2.35. The highest BCUT2D eigenvalue weighted by molar-refractivity contribution is 5.49. The number of azide groups is 1. The van der Waals surface area contributed by atoms with Crippen LogP contribution in [-0.2, 0) is 10.2 Å². The van der Waals surface area contributed by atoms with Gasteiger partial charge in [-0.15, -0.1) is 0 Å². The standard InChI is InChI=1S/C13H19N3O/c1-4-13(3,10-17-5-2)11-8-6-7-9-12(11)15-16-14/h6-9H,4-5,10H2,1-3H3. The molecule has 0 aromatic heterocycles. The van der Waals surface area contributed by atoms with Gasteiger partial charge in [0.25, 0.3) is 0 Å². The molecule has 4 heteroatoms. The Balaban J connectivity index is 3.14. The molecule has 0 amide bonds. The zero-order valence-electron chi connectivity index (χ0n) is 10.7. The molecule has 0 aliphatic rings. The second kappa shape index (κ2) is 6.28. The van der Waals surface area contributed by atoms with Gasteiger partial charge in [-0.2, -0.15) is 0 Å². The van der Waals surface area contributed by atoms with Gasteiger partial charge in [0.1, 0.15) is 0 Å². The maximum absolute atomic E-state index is 8.59. The molecule has 0 heterocycles. The molecule has 0 aliphatic carbocycles. The van der Waals surface area contributed by atoms with Gasteiger partial charge in [-0.25, -0.2) is 0 Å². The normalized spacial score (nSPS) is 13.8.